The van der Waals surface area contributed by atoms with Crippen LogP contribution >= 0.6 is 11.8 Å². The van der Waals surface area contributed by atoms with Crippen molar-refractivity contribution in [2.45, 2.75) is 25.0 Å². The third-order valence-electron chi connectivity index (χ3n) is 3.39. The minimum Gasteiger partial charge on any atom is -0.480 e. The van der Waals surface area contributed by atoms with Crippen LogP contribution in [0.4, 0.5) is 4.79 Å². The lowest BCUT2D eigenvalue weighted by Gasteiger charge is -2.22. The number of carbonyl (C=O) groups is 2. The number of rotatable bonds is 3. The van der Waals surface area contributed by atoms with Crippen LogP contribution in [0.15, 0.2) is 0 Å². The molecular formula is C11H18N2O4S. The van der Waals surface area contributed by atoms with E-state index >= 15 is 0 Å². The summed E-state index contributed by atoms with van der Waals surface area (Å²) in [5, 5.41) is 21.2. The molecule has 7 heteroatoms. The van der Waals surface area contributed by atoms with Gasteiger partial charge in [-0.2, -0.15) is 11.8 Å². The average Bonchev–Trinajstić information content (AvgIpc) is 2.94. The molecule has 0 aromatic heterocycles. The van der Waals surface area contributed by atoms with Gasteiger partial charge in [0.15, 0.2) is 0 Å². The van der Waals surface area contributed by atoms with Crippen molar-refractivity contribution in [3.63, 3.8) is 0 Å². The van der Waals surface area contributed by atoms with Crippen LogP contribution in [-0.2, 0) is 4.79 Å². The summed E-state index contributed by atoms with van der Waals surface area (Å²) in [5.41, 5.74) is 0. The lowest BCUT2D eigenvalue weighted by atomic mass is 10.1. The van der Waals surface area contributed by atoms with Gasteiger partial charge in [-0.05, 0) is 23.8 Å². The van der Waals surface area contributed by atoms with Crippen LogP contribution in [0, 0.1) is 5.92 Å². The number of hydrogen-bond donors (Lipinski definition) is 3. The normalized spacial score (nSPS) is 31.6. The van der Waals surface area contributed by atoms with Crippen LogP contribution in [-0.4, -0.2) is 63.9 Å². The monoisotopic (exact) mass is 274 g/mol. The second kappa shape index (κ2) is 5.79. The summed E-state index contributed by atoms with van der Waals surface area (Å²) >= 11 is 1.87. The number of likely N-dealkylation sites (tertiary alicyclic amines) is 1. The molecule has 3 atom stereocenters. The number of nitrogens with zero attached hydrogens (tertiary/aromatic N) is 1. The number of aliphatic hydroxyl groups is 1. The largest absolute Gasteiger partial charge is 0.480 e. The summed E-state index contributed by atoms with van der Waals surface area (Å²) in [5.74, 6) is 1.60. The van der Waals surface area contributed by atoms with E-state index in [-0.39, 0.29) is 19.0 Å². The molecule has 0 saturated carbocycles. The highest BCUT2D eigenvalue weighted by molar-refractivity contribution is 7.99. The van der Waals surface area contributed by atoms with Gasteiger partial charge in [0, 0.05) is 19.5 Å². The van der Waals surface area contributed by atoms with Crippen molar-refractivity contribution in [1.29, 1.82) is 0 Å². The number of nitrogens with one attached hydrogen (secondary N) is 1. The van der Waals surface area contributed by atoms with E-state index in [4.69, 9.17) is 5.11 Å². The van der Waals surface area contributed by atoms with Crippen molar-refractivity contribution >= 4 is 23.8 Å². The second-order valence-electron chi connectivity index (χ2n) is 4.81. The van der Waals surface area contributed by atoms with Crippen LogP contribution in [0.5, 0.6) is 0 Å². The number of urea groups is 1. The van der Waals surface area contributed by atoms with Crippen molar-refractivity contribution < 1.29 is 19.8 Å². The summed E-state index contributed by atoms with van der Waals surface area (Å²) in [6, 6.07) is -1.28. The predicted octanol–water partition coefficient (Wildman–Crippen LogP) is -0.0311. The molecule has 2 amide bonds. The second-order valence-corrected chi connectivity index (χ2v) is 5.96. The first-order valence-corrected chi connectivity index (χ1v) is 7.26. The van der Waals surface area contributed by atoms with Crippen molar-refractivity contribution in [3.05, 3.63) is 0 Å². The molecule has 6 nitrogen and oxygen atoms in total. The van der Waals surface area contributed by atoms with Crippen molar-refractivity contribution in [1.82, 2.24) is 10.2 Å². The van der Waals surface area contributed by atoms with Gasteiger partial charge in [-0.3, -0.25) is 0 Å². The molecule has 2 aliphatic rings. The maximum Gasteiger partial charge on any atom is 0.326 e. The van der Waals surface area contributed by atoms with E-state index in [1.807, 2.05) is 11.8 Å². The quantitative estimate of drug-likeness (QED) is 0.672. The Labute approximate surface area is 110 Å². The smallest absolute Gasteiger partial charge is 0.326 e. The summed E-state index contributed by atoms with van der Waals surface area (Å²) in [6.45, 7) is 0.687. The lowest BCUT2D eigenvalue weighted by molar-refractivity contribution is -0.141. The molecule has 2 rings (SSSR count). The molecule has 0 aliphatic carbocycles. The minimum atomic E-state index is -1.06. The molecule has 0 bridgehead atoms. The standard InChI is InChI=1S/C11H18N2O4S/c14-8-3-9(10(15)16)13(5-8)11(17)12-4-7-1-2-18-6-7/h7-9,14H,1-6H2,(H,12,17)(H,15,16)/t7?,8-,9+/m1/s1. The van der Waals surface area contributed by atoms with Crippen LogP contribution < -0.4 is 5.32 Å². The zero-order valence-electron chi connectivity index (χ0n) is 10.0. The molecule has 2 heterocycles. The molecule has 2 fully saturated rings. The first-order valence-electron chi connectivity index (χ1n) is 6.11. The Morgan fingerprint density at radius 1 is 1.44 bits per heavy atom. The van der Waals surface area contributed by atoms with E-state index in [0.29, 0.717) is 12.5 Å². The van der Waals surface area contributed by atoms with E-state index < -0.39 is 18.1 Å². The Morgan fingerprint density at radius 3 is 2.83 bits per heavy atom. The number of thioether (sulfide) groups is 1. The minimum absolute atomic E-state index is 0.0994. The van der Waals surface area contributed by atoms with Crippen LogP contribution in [0.2, 0.25) is 0 Å². The molecule has 0 aromatic carbocycles. The third-order valence-corrected chi connectivity index (χ3v) is 4.62. The van der Waals surface area contributed by atoms with Gasteiger partial charge >= 0.3 is 12.0 Å². The van der Waals surface area contributed by atoms with Gasteiger partial charge in [-0.1, -0.05) is 0 Å². The predicted molar refractivity (Wildman–Crippen MR) is 67.6 cm³/mol. The summed E-state index contributed by atoms with van der Waals surface area (Å²) in [7, 11) is 0. The topological polar surface area (TPSA) is 89.9 Å². The number of hydrogen-bond acceptors (Lipinski definition) is 4. The molecular weight excluding hydrogens is 256 g/mol. The molecule has 2 saturated heterocycles. The van der Waals surface area contributed by atoms with Gasteiger partial charge < -0.3 is 20.4 Å². The molecule has 0 spiro atoms. The molecule has 102 valence electrons. The van der Waals surface area contributed by atoms with E-state index in [9.17, 15) is 14.7 Å². The molecule has 3 N–H and O–H groups in total. The molecule has 18 heavy (non-hydrogen) atoms. The molecule has 1 unspecified atom stereocenters. The number of amides is 2. The fourth-order valence-corrected chi connectivity index (χ4v) is 3.63. The molecule has 0 aromatic rings. The fourth-order valence-electron chi connectivity index (χ4n) is 2.35. The average molecular weight is 274 g/mol. The van der Waals surface area contributed by atoms with Crippen LogP contribution in [0.3, 0.4) is 0 Å². The SMILES string of the molecule is O=C(O)[C@@H]1C[C@@H](O)CN1C(=O)NCC1CCSC1. The Hall–Kier alpha value is -0.950. The van der Waals surface area contributed by atoms with Crippen LogP contribution in [0.25, 0.3) is 0 Å². The zero-order valence-corrected chi connectivity index (χ0v) is 10.9. The van der Waals surface area contributed by atoms with Crippen molar-refractivity contribution in [2.75, 3.05) is 24.6 Å². The first kappa shape index (κ1) is 13.5. The summed E-state index contributed by atoms with van der Waals surface area (Å²) < 4.78 is 0. The van der Waals surface area contributed by atoms with Gasteiger partial charge in [0.05, 0.1) is 6.10 Å². The number of carbonyl (C=O) groups excluding carboxylic acids is 1. The number of carboxylic acids is 1. The van der Waals surface area contributed by atoms with Gasteiger partial charge in [0.25, 0.3) is 0 Å². The highest BCUT2D eigenvalue weighted by atomic mass is 32.2. The molecule has 2 aliphatic heterocycles. The van der Waals surface area contributed by atoms with Crippen molar-refractivity contribution in [3.8, 4) is 0 Å². The van der Waals surface area contributed by atoms with E-state index in [1.165, 1.54) is 4.90 Å². The van der Waals surface area contributed by atoms with Crippen LogP contribution in [0.1, 0.15) is 12.8 Å². The van der Waals surface area contributed by atoms with Gasteiger partial charge in [-0.25, -0.2) is 9.59 Å². The van der Waals surface area contributed by atoms with E-state index in [0.717, 1.165) is 17.9 Å². The van der Waals surface area contributed by atoms with Gasteiger partial charge in [0.1, 0.15) is 6.04 Å². The Morgan fingerprint density at radius 2 is 2.22 bits per heavy atom. The number of β-amino-alcohol motifs (C(OH)–C–C–N with tert-alkyl or cyclic N) is 1. The highest BCUT2D eigenvalue weighted by Crippen LogP contribution is 2.23. The number of aliphatic carboxylic acids is 1. The summed E-state index contributed by atoms with van der Waals surface area (Å²) in [4.78, 5) is 24.1. The Kier molecular flexibility index (Phi) is 4.34. The molecule has 0 radical (unpaired) electrons. The van der Waals surface area contributed by atoms with E-state index in [1.54, 1.807) is 0 Å². The van der Waals surface area contributed by atoms with Gasteiger partial charge in [-0.15, -0.1) is 0 Å². The third kappa shape index (κ3) is 3.08. The maximum atomic E-state index is 11.9. The number of aliphatic hydroxyl groups excluding tert-OH is 1. The number of carboxylic acid groups (broad SMARTS) is 1. The lowest BCUT2D eigenvalue weighted by Crippen LogP contribution is -2.47. The summed E-state index contributed by atoms with van der Waals surface area (Å²) in [6.07, 6.45) is 0.469. The van der Waals surface area contributed by atoms with Crippen molar-refractivity contribution in [2.24, 2.45) is 5.92 Å². The Bertz CT molecular complexity index is 333. The van der Waals surface area contributed by atoms with Gasteiger partial charge in [0.2, 0.25) is 0 Å². The first-order chi connectivity index (χ1) is 8.58. The fraction of sp³-hybridized carbons (Fsp3) is 0.818. The Balaban J connectivity index is 1.85. The zero-order chi connectivity index (χ0) is 13.1. The van der Waals surface area contributed by atoms with E-state index in [2.05, 4.69) is 5.32 Å². The maximum absolute atomic E-state index is 11.9. The highest BCUT2D eigenvalue weighted by Gasteiger charge is 2.39.